The van der Waals surface area contributed by atoms with Crippen LogP contribution >= 0.6 is 47.8 Å². The predicted octanol–water partition coefficient (Wildman–Crippen LogP) is 5.82. The minimum Gasteiger partial charge on any atom is -0.362 e. The molecule has 4 aliphatic rings. The summed E-state index contributed by atoms with van der Waals surface area (Å²) in [5.41, 5.74) is -9.41. The summed E-state index contributed by atoms with van der Waals surface area (Å²) in [6.07, 6.45) is -1.52. The molecule has 3 aromatic carbocycles. The highest BCUT2D eigenvalue weighted by Crippen LogP contribution is 2.31. The van der Waals surface area contributed by atoms with Crippen LogP contribution in [0.5, 0.6) is 0 Å². The summed E-state index contributed by atoms with van der Waals surface area (Å²) in [6.45, 7) is 1.66. The van der Waals surface area contributed by atoms with Gasteiger partial charge in [0.25, 0.3) is 5.69 Å². The van der Waals surface area contributed by atoms with Gasteiger partial charge >= 0.3 is 17.3 Å². The van der Waals surface area contributed by atoms with Crippen LogP contribution in [0.3, 0.4) is 0 Å². The molecule has 34 nitrogen and oxygen atoms in total. The van der Waals surface area contributed by atoms with Crippen LogP contribution < -0.4 is 33.4 Å². The third-order valence-electron chi connectivity index (χ3n) is 12.6. The lowest BCUT2D eigenvalue weighted by molar-refractivity contribution is -0.390. The Balaban J connectivity index is 0.000000179. The van der Waals surface area contributed by atoms with Crippen LogP contribution in [-0.4, -0.2) is 164 Å². The Morgan fingerprint density at radius 1 is 0.638 bits per heavy atom. The molecule has 0 bridgehead atoms. The van der Waals surface area contributed by atoms with E-state index in [0.29, 0.717) is 18.2 Å². The van der Waals surface area contributed by atoms with Gasteiger partial charge in [-0.3, -0.25) is 19.7 Å². The number of nitrogens with two attached hydrogens (primary N) is 1. The smallest absolute Gasteiger partial charge is 0.362 e. The molecule has 9 heterocycles. The fourth-order valence-corrected chi connectivity index (χ4v) is 13.4. The van der Waals surface area contributed by atoms with Gasteiger partial charge in [-0.1, -0.05) is 17.2 Å². The maximum atomic E-state index is 13.6. The Kier molecular flexibility index (Phi) is 18.5. The Morgan fingerprint density at radius 3 is 1.57 bits per heavy atom. The molecule has 8 aromatic rings. The summed E-state index contributed by atoms with van der Waals surface area (Å²) in [4.78, 5) is 38.1. The fraction of sp³-hybridized carbons (Fsp3) is 0.420. The molecule has 44 heteroatoms. The highest BCUT2D eigenvalue weighted by molar-refractivity contribution is 9.11. The van der Waals surface area contributed by atoms with Crippen LogP contribution in [0.25, 0.3) is 34.4 Å². The van der Waals surface area contributed by atoms with Gasteiger partial charge in [-0.2, -0.15) is 0 Å². The van der Waals surface area contributed by atoms with Gasteiger partial charge in [0, 0.05) is 34.6 Å². The average molecular weight is 1610 g/mol. The van der Waals surface area contributed by atoms with Crippen molar-refractivity contribution < 1.29 is 97.8 Å². The summed E-state index contributed by atoms with van der Waals surface area (Å²) in [7, 11) is -16.5. The average Bonchev–Trinajstić information content (AvgIpc) is 1.18. The van der Waals surface area contributed by atoms with Gasteiger partial charge in [0.2, 0.25) is 23.3 Å². The van der Waals surface area contributed by atoms with Crippen molar-refractivity contribution in [3.8, 4) is 34.4 Å². The quantitative estimate of drug-likeness (QED) is 0.0440. The van der Waals surface area contributed by atoms with E-state index >= 15 is 0 Å². The number of benzene rings is 3. The van der Waals surface area contributed by atoms with Crippen molar-refractivity contribution >= 4 is 116 Å². The Morgan fingerprint density at radius 2 is 1.09 bits per heavy atom. The second-order valence-electron chi connectivity index (χ2n) is 19.5. The van der Waals surface area contributed by atoms with Crippen LogP contribution in [0.4, 0.5) is 36.3 Å². The first kappa shape index (κ1) is 55.6. The minimum absolute atomic E-state index is 0.0348. The molecule has 0 aliphatic carbocycles. The molecular weight excluding hydrogens is 1540 g/mol. The zero-order chi connectivity index (χ0) is 79.9. The molecule has 0 radical (unpaired) electrons. The molecule has 4 fully saturated rings. The number of aromatic nitrogens is 10. The van der Waals surface area contributed by atoms with Gasteiger partial charge in [-0.15, -0.1) is 4.63 Å². The van der Waals surface area contributed by atoms with E-state index in [2.05, 4.69) is 122 Å². The first-order valence-corrected chi connectivity index (χ1v) is 34.9. The molecule has 0 unspecified atom stereocenters. The monoisotopic (exact) mass is 1600 g/mol. The molecular formula is C50H54Br3F3N16O18S4. The van der Waals surface area contributed by atoms with Crippen molar-refractivity contribution in [1.82, 2.24) is 55.9 Å². The number of halogens is 6. The molecule has 4 saturated heterocycles. The number of hydroxylamine groups is 1. The maximum absolute atomic E-state index is 13.6. The van der Waals surface area contributed by atoms with Gasteiger partial charge in [-0.05, 0) is 190 Å². The molecule has 12 rings (SSSR count). The molecule has 0 saturated carbocycles. The van der Waals surface area contributed by atoms with E-state index < -0.39 is 163 Å². The number of aliphatic imine (C=N–C) groups is 1. The highest BCUT2D eigenvalue weighted by atomic mass is 79.9. The second-order valence-corrected chi connectivity index (χ2v) is 29.1. The normalized spacial score (nSPS) is 23.2. The van der Waals surface area contributed by atoms with Crippen molar-refractivity contribution in [2.24, 2.45) is 16.6 Å². The number of nitrogens with one attached hydrogen (secondary N) is 3. The van der Waals surface area contributed by atoms with Crippen molar-refractivity contribution in [3.63, 3.8) is 0 Å². The Hall–Kier alpha value is -7.62. The number of amidine groups is 1. The van der Waals surface area contributed by atoms with E-state index in [1.54, 1.807) is 12.4 Å². The summed E-state index contributed by atoms with van der Waals surface area (Å²) in [5.74, 6) is -5.36. The molecule has 5 aromatic heterocycles. The fourth-order valence-electron chi connectivity index (χ4n) is 7.78. The number of rotatable bonds is 11. The lowest BCUT2D eigenvalue weighted by Crippen LogP contribution is -2.33. The largest absolute Gasteiger partial charge is 0.446 e. The molecule has 94 heavy (non-hydrogen) atoms. The predicted molar refractivity (Wildman–Crippen MR) is 336 cm³/mol. The van der Waals surface area contributed by atoms with E-state index in [0.717, 1.165) is 27.3 Å². The number of hydrogen-bond donors (Lipinski definition) is 5. The van der Waals surface area contributed by atoms with E-state index in [1.165, 1.54) is 36.4 Å². The summed E-state index contributed by atoms with van der Waals surface area (Å²) in [6, 6.07) is 8.87. The molecule has 0 amide bonds. The van der Waals surface area contributed by atoms with Crippen LogP contribution in [0.2, 0.25) is 1.41 Å². The van der Waals surface area contributed by atoms with E-state index in [-0.39, 0.29) is 101 Å². The summed E-state index contributed by atoms with van der Waals surface area (Å²) >= 11 is 8.99. The molecule has 0 spiro atoms. The van der Waals surface area contributed by atoms with Gasteiger partial charge < -0.3 is 26.5 Å². The number of nitro groups is 1. The first-order chi connectivity index (χ1) is 49.3. The summed E-state index contributed by atoms with van der Waals surface area (Å²) < 4.78 is 257. The third-order valence-corrected chi connectivity index (χ3v) is 19.4. The van der Waals surface area contributed by atoms with Crippen molar-refractivity contribution in [1.29, 1.82) is 0 Å². The van der Waals surface area contributed by atoms with E-state index in [4.69, 9.17) is 23.6 Å². The van der Waals surface area contributed by atoms with Gasteiger partial charge in [0.15, 0.2) is 23.8 Å². The lowest BCUT2D eigenvalue weighted by atomic mass is 10.1. The van der Waals surface area contributed by atoms with Crippen molar-refractivity contribution in [2.75, 3.05) is 56.4 Å². The van der Waals surface area contributed by atoms with Gasteiger partial charge in [0.1, 0.15) is 56.8 Å². The maximum Gasteiger partial charge on any atom is 0.446 e. The topological polar surface area (TPSA) is 487 Å². The van der Waals surface area contributed by atoms with Crippen LogP contribution in [0.15, 0.2) is 106 Å². The van der Waals surface area contributed by atoms with Crippen LogP contribution in [0, 0.1) is 33.5 Å². The summed E-state index contributed by atoms with van der Waals surface area (Å²) in [5, 5.41) is 51.4. The second kappa shape index (κ2) is 31.3. The van der Waals surface area contributed by atoms with E-state index in [1.807, 2.05) is 0 Å². The Bertz CT molecular complexity index is 5210. The third kappa shape index (κ3) is 19.5. The Labute approximate surface area is 573 Å². The number of hydrogen-bond acceptors (Lipinski definition) is 30. The number of anilines is 2. The van der Waals surface area contributed by atoms with Crippen molar-refractivity contribution in [2.45, 2.75) is 76.4 Å². The zero-order valence-corrected chi connectivity index (χ0v) is 55.3. The lowest BCUT2D eigenvalue weighted by Gasteiger charge is -2.22. The molecule has 508 valence electrons. The van der Waals surface area contributed by atoms with E-state index in [9.17, 15) is 71.8 Å². The standard InChI is InChI=1S/C15H13BrFN5O5S.C14H15BrFN5O4S.C10H3BrFN5O5.C6H12O2S.C5H11NO2S/c16-10-7-9(1-2-11(10)17)22-14(21-26-15(22)23)12-13(20-27-19-12)18-8-3-5-28(24,25)6-4-8;15-10-7-9(1-2-11(10)16)18-13(19-22)12-14(21-25-20-12)17-8-3-5-26(23,24)6-4-8;11-5-3-4(1-2-6(5)12)16-8(14-21-10(16)18)7-9(17(19)20)15-22-13-7;1-6-2-4-9(7,8)5-3-6;6-5-1-3-9(7,8)4-2-5/h1-2,7-8H,3-6H2,(H,18,20);1-2,7-8,22H,3-6H2,(H,17,21)(H,18,19);1-3H;6H,2-5H2,1H3;5H,1-4,6H2/i2*5D2,6D2;;4D2,5D2;/hD. The van der Waals surface area contributed by atoms with Gasteiger partial charge in [0.05, 0.1) is 76.2 Å². The zero-order valence-electron chi connectivity index (χ0n) is 60.3. The first-order valence-electron chi connectivity index (χ1n) is 32.7. The van der Waals surface area contributed by atoms with Gasteiger partial charge in [-0.25, -0.2) is 79.8 Å². The van der Waals surface area contributed by atoms with Crippen LogP contribution in [-0.2, 0) is 39.3 Å². The van der Waals surface area contributed by atoms with Crippen molar-refractivity contribution in [3.05, 3.63) is 122 Å². The SMILES string of the molecule is NC1CCS(=O)(=O)CC1.O=c1onc(-c2nonc2[N+](=O)[O-])n1-c1ccc(F)c(Br)c1.[2H]C1([2H])CC(C)CC([2H])([2H])S1(=O)=O.[2H]C1([2H])CC(Nc2nonc2C(=Nc2ccc(F)c(Br)c2)NO)CC([2H])([2H])S1(=O)=O.[2H]N(c1nonc1-c1noc(=O)n1-c1ccc(F)c(Br)c1)C1CC([2H])([2H])S(=O)(=O)C([2H])([2H])C1. The minimum atomic E-state index is -4.79. The number of nitrogens with zero attached hydrogens (tertiary/aromatic N) is 12. The molecule has 4 aliphatic heterocycles. The molecule has 6 N–H and O–H groups in total. The highest BCUT2D eigenvalue weighted by Gasteiger charge is 2.32. The number of sulfone groups is 4. The molecule has 0 atom stereocenters. The van der Waals surface area contributed by atoms with Crippen LogP contribution in [0.1, 0.15) is 80.4 Å².